The maximum atomic E-state index is 14.0. The molecule has 0 spiro atoms. The monoisotopic (exact) mass is 375 g/mol. The molecule has 0 aromatic heterocycles. The highest BCUT2D eigenvalue weighted by Crippen LogP contribution is 2.13. The zero-order valence-electron chi connectivity index (χ0n) is 16.5. The van der Waals surface area contributed by atoms with Gasteiger partial charge in [0.05, 0.1) is 31.4 Å². The summed E-state index contributed by atoms with van der Waals surface area (Å²) in [4.78, 5) is 6.94. The number of hydrogen-bond acceptors (Lipinski definition) is 4. The van der Waals surface area contributed by atoms with Crippen molar-refractivity contribution in [1.82, 2.24) is 15.5 Å². The number of nitrogens with zero attached hydrogens (tertiary/aromatic N) is 3. The van der Waals surface area contributed by atoms with Crippen LogP contribution in [-0.2, 0) is 11.3 Å². The molecule has 0 aliphatic carbocycles. The number of rotatable bonds is 7. The number of benzene rings is 1. The molecule has 148 valence electrons. The zero-order valence-corrected chi connectivity index (χ0v) is 16.5. The Morgan fingerprint density at radius 1 is 1.33 bits per heavy atom. The standard InChI is InChI=1S/C20H30FN5O/c1-4-23-20(24-13-17-11-16(12-22)5-6-18(17)21)25-14-19(15(2)3)26-7-9-27-10-8-26/h5-6,11,15,19H,4,7-10,13-14H2,1-3H3,(H2,23,24,25). The maximum absolute atomic E-state index is 14.0. The molecule has 1 aliphatic heterocycles. The van der Waals surface area contributed by atoms with Crippen LogP contribution in [0.2, 0.25) is 0 Å². The molecule has 1 unspecified atom stereocenters. The van der Waals surface area contributed by atoms with Gasteiger partial charge in [-0.25, -0.2) is 9.38 Å². The van der Waals surface area contributed by atoms with Crippen molar-refractivity contribution in [3.05, 3.63) is 35.1 Å². The fraction of sp³-hybridized carbons (Fsp3) is 0.600. The topological polar surface area (TPSA) is 72.7 Å². The molecule has 2 rings (SSSR count). The summed E-state index contributed by atoms with van der Waals surface area (Å²) in [5, 5.41) is 15.6. The van der Waals surface area contributed by atoms with E-state index in [2.05, 4.69) is 34.4 Å². The highest BCUT2D eigenvalue weighted by Gasteiger charge is 2.23. The fourth-order valence-electron chi connectivity index (χ4n) is 3.17. The predicted molar refractivity (Wildman–Crippen MR) is 105 cm³/mol. The van der Waals surface area contributed by atoms with Gasteiger partial charge in [-0.2, -0.15) is 5.26 Å². The smallest absolute Gasteiger partial charge is 0.191 e. The number of nitriles is 1. The Morgan fingerprint density at radius 2 is 2.07 bits per heavy atom. The summed E-state index contributed by atoms with van der Waals surface area (Å²) in [7, 11) is 0. The molecule has 27 heavy (non-hydrogen) atoms. The van der Waals surface area contributed by atoms with Crippen LogP contribution in [-0.4, -0.2) is 56.3 Å². The Bertz CT molecular complexity index is 665. The van der Waals surface area contributed by atoms with Crippen molar-refractivity contribution in [2.45, 2.75) is 33.4 Å². The van der Waals surface area contributed by atoms with Crippen LogP contribution in [0.4, 0.5) is 4.39 Å². The average molecular weight is 375 g/mol. The van der Waals surface area contributed by atoms with Crippen molar-refractivity contribution in [3.8, 4) is 6.07 Å². The third kappa shape index (κ3) is 6.49. The Balaban J connectivity index is 2.03. The van der Waals surface area contributed by atoms with Gasteiger partial charge in [-0.15, -0.1) is 0 Å². The lowest BCUT2D eigenvalue weighted by Gasteiger charge is -2.37. The summed E-state index contributed by atoms with van der Waals surface area (Å²) in [6, 6.07) is 6.74. The predicted octanol–water partition coefficient (Wildman–Crippen LogP) is 2.11. The number of nitrogens with one attached hydrogen (secondary N) is 2. The number of halogens is 1. The molecule has 0 radical (unpaired) electrons. The second-order valence-corrected chi connectivity index (χ2v) is 6.95. The van der Waals surface area contributed by atoms with Gasteiger partial charge >= 0.3 is 0 Å². The van der Waals surface area contributed by atoms with E-state index >= 15 is 0 Å². The van der Waals surface area contributed by atoms with Crippen LogP contribution < -0.4 is 10.6 Å². The summed E-state index contributed by atoms with van der Waals surface area (Å²) in [6.07, 6.45) is 0. The molecule has 1 heterocycles. The molecule has 1 aromatic carbocycles. The second kappa shape index (κ2) is 10.9. The molecule has 7 heteroatoms. The van der Waals surface area contributed by atoms with E-state index in [1.165, 1.54) is 12.1 Å². The van der Waals surface area contributed by atoms with Gasteiger partial charge in [0, 0.05) is 37.8 Å². The molecule has 0 bridgehead atoms. The Morgan fingerprint density at radius 3 is 2.70 bits per heavy atom. The summed E-state index contributed by atoms with van der Waals surface area (Å²) in [6.45, 7) is 11.5. The largest absolute Gasteiger partial charge is 0.379 e. The molecular weight excluding hydrogens is 345 g/mol. The minimum absolute atomic E-state index is 0.181. The van der Waals surface area contributed by atoms with Gasteiger partial charge in [-0.05, 0) is 31.0 Å². The number of morpholine rings is 1. The van der Waals surface area contributed by atoms with Gasteiger partial charge in [-0.3, -0.25) is 4.90 Å². The minimum atomic E-state index is -0.345. The third-order valence-electron chi connectivity index (χ3n) is 4.69. The average Bonchev–Trinajstić information content (AvgIpc) is 2.67. The SMILES string of the molecule is CCNC(=NCc1cc(C#N)ccc1F)NCC(C(C)C)N1CCOCC1. The van der Waals surface area contributed by atoms with Crippen molar-refractivity contribution in [3.63, 3.8) is 0 Å². The number of guanidine groups is 1. The van der Waals surface area contributed by atoms with Crippen molar-refractivity contribution >= 4 is 5.96 Å². The fourth-order valence-corrected chi connectivity index (χ4v) is 3.17. The summed E-state index contributed by atoms with van der Waals surface area (Å²) < 4.78 is 19.4. The molecule has 2 N–H and O–H groups in total. The summed E-state index contributed by atoms with van der Waals surface area (Å²) in [5.74, 6) is 0.795. The number of ether oxygens (including phenoxy) is 1. The normalized spacial score (nSPS) is 16.8. The van der Waals surface area contributed by atoms with Gasteiger partial charge in [0.15, 0.2) is 5.96 Å². The first kappa shape index (κ1) is 21.1. The molecule has 1 aromatic rings. The van der Waals surface area contributed by atoms with Crippen LogP contribution in [0.1, 0.15) is 31.9 Å². The van der Waals surface area contributed by atoms with Crippen LogP contribution in [0.15, 0.2) is 23.2 Å². The summed E-state index contributed by atoms with van der Waals surface area (Å²) >= 11 is 0. The van der Waals surface area contributed by atoms with E-state index in [0.29, 0.717) is 29.0 Å². The maximum Gasteiger partial charge on any atom is 0.191 e. The lowest BCUT2D eigenvalue weighted by atomic mass is 10.0. The Hall–Kier alpha value is -2.17. The molecule has 1 atom stereocenters. The van der Waals surface area contributed by atoms with Crippen molar-refractivity contribution < 1.29 is 9.13 Å². The van der Waals surface area contributed by atoms with Gasteiger partial charge in [0.25, 0.3) is 0 Å². The Kier molecular flexibility index (Phi) is 8.49. The van der Waals surface area contributed by atoms with Crippen LogP contribution in [0.5, 0.6) is 0 Å². The second-order valence-electron chi connectivity index (χ2n) is 6.95. The van der Waals surface area contributed by atoms with Crippen LogP contribution in [0.3, 0.4) is 0 Å². The van der Waals surface area contributed by atoms with E-state index in [1.54, 1.807) is 6.07 Å². The number of hydrogen-bond donors (Lipinski definition) is 2. The Labute approximate surface area is 161 Å². The van der Waals surface area contributed by atoms with E-state index in [0.717, 1.165) is 39.4 Å². The van der Waals surface area contributed by atoms with Crippen molar-refractivity contribution in [1.29, 1.82) is 5.26 Å². The molecular formula is C20H30FN5O. The first-order chi connectivity index (χ1) is 13.0. The first-order valence-corrected chi connectivity index (χ1v) is 9.57. The molecule has 1 saturated heterocycles. The van der Waals surface area contributed by atoms with E-state index in [4.69, 9.17) is 10.00 Å². The van der Waals surface area contributed by atoms with Gasteiger partial charge in [0.2, 0.25) is 0 Å². The minimum Gasteiger partial charge on any atom is -0.379 e. The van der Waals surface area contributed by atoms with E-state index in [1.807, 2.05) is 13.0 Å². The lowest BCUT2D eigenvalue weighted by Crippen LogP contribution is -2.52. The highest BCUT2D eigenvalue weighted by molar-refractivity contribution is 5.79. The van der Waals surface area contributed by atoms with Gasteiger partial charge in [-0.1, -0.05) is 13.8 Å². The quantitative estimate of drug-likeness (QED) is 0.564. The van der Waals surface area contributed by atoms with Crippen molar-refractivity contribution in [2.24, 2.45) is 10.9 Å². The molecule has 6 nitrogen and oxygen atoms in total. The van der Waals surface area contributed by atoms with Gasteiger partial charge < -0.3 is 15.4 Å². The third-order valence-corrected chi connectivity index (χ3v) is 4.69. The highest BCUT2D eigenvalue weighted by atomic mass is 19.1. The van der Waals surface area contributed by atoms with E-state index in [9.17, 15) is 4.39 Å². The molecule has 1 fully saturated rings. The van der Waals surface area contributed by atoms with E-state index in [-0.39, 0.29) is 12.4 Å². The number of aliphatic imine (C=N–C) groups is 1. The van der Waals surface area contributed by atoms with Gasteiger partial charge in [0.1, 0.15) is 5.82 Å². The zero-order chi connectivity index (χ0) is 19.6. The lowest BCUT2D eigenvalue weighted by molar-refractivity contribution is 0.00752. The van der Waals surface area contributed by atoms with E-state index < -0.39 is 0 Å². The van der Waals surface area contributed by atoms with Crippen LogP contribution in [0, 0.1) is 23.1 Å². The summed E-state index contributed by atoms with van der Waals surface area (Å²) in [5.41, 5.74) is 0.853. The van der Waals surface area contributed by atoms with Crippen LogP contribution in [0.25, 0.3) is 0 Å². The molecule has 0 amide bonds. The van der Waals surface area contributed by atoms with Crippen LogP contribution >= 0.6 is 0 Å². The van der Waals surface area contributed by atoms with Crippen molar-refractivity contribution in [2.75, 3.05) is 39.4 Å². The molecule has 0 saturated carbocycles. The first-order valence-electron chi connectivity index (χ1n) is 9.57. The molecule has 1 aliphatic rings.